The average molecular weight is 589 g/mol. The second-order valence-corrected chi connectivity index (χ2v) is 12.9. The largest absolute Gasteiger partial charge is 0.350 e. The number of nitrogens with one attached hydrogen (secondary N) is 1. The third kappa shape index (κ3) is 8.03. The summed E-state index contributed by atoms with van der Waals surface area (Å²) in [6.07, 6.45) is 18.6. The Balaban J connectivity index is 1.64. The molecule has 0 saturated carbocycles. The van der Waals surface area contributed by atoms with Crippen molar-refractivity contribution < 1.29 is 0 Å². The maximum Gasteiger partial charge on any atom is 0.0761 e. The summed E-state index contributed by atoms with van der Waals surface area (Å²) in [5.74, 6) is 0.939. The monoisotopic (exact) mass is 588 g/mol. The van der Waals surface area contributed by atoms with E-state index in [4.69, 9.17) is 0 Å². The lowest BCUT2D eigenvalue weighted by atomic mass is 10.0. The molecule has 0 fully saturated rings. The molecule has 224 valence electrons. The molecule has 1 aromatic heterocycles. The maximum atomic E-state index is 3.77. The number of benzene rings is 3. The second-order valence-electron chi connectivity index (χ2n) is 11.9. The lowest BCUT2D eigenvalue weighted by Crippen LogP contribution is -2.21. The van der Waals surface area contributed by atoms with E-state index in [0.717, 1.165) is 30.7 Å². The fourth-order valence-corrected chi connectivity index (χ4v) is 6.62. The van der Waals surface area contributed by atoms with Gasteiger partial charge in [0.1, 0.15) is 0 Å². The summed E-state index contributed by atoms with van der Waals surface area (Å²) in [4.78, 5) is 0. The number of hydrogen-bond acceptors (Lipinski definition) is 2. The first-order valence-electron chi connectivity index (χ1n) is 15.6. The van der Waals surface area contributed by atoms with Crippen molar-refractivity contribution in [3.63, 3.8) is 0 Å². The Morgan fingerprint density at radius 3 is 2.19 bits per heavy atom. The molecule has 4 aromatic rings. The normalized spacial score (nSPS) is 13.7. The van der Waals surface area contributed by atoms with Gasteiger partial charge in [-0.25, -0.2) is 0 Å². The van der Waals surface area contributed by atoms with Crippen molar-refractivity contribution in [2.75, 3.05) is 11.1 Å². The van der Waals surface area contributed by atoms with Gasteiger partial charge in [0.05, 0.1) is 5.03 Å². The van der Waals surface area contributed by atoms with Crippen molar-refractivity contribution in [1.82, 2.24) is 4.57 Å². The molecule has 0 aliphatic carbocycles. The summed E-state index contributed by atoms with van der Waals surface area (Å²) in [6, 6.07) is 24.6. The standard InChI is InChI=1S/C40H48N2S/c1-8-12-28-43-39(32(17-10-3)19-15-18-30(11-4)16-9-2)41-34-25-22-31(23-26-34)33-24-27-38-36(29-33)35-20-13-14-21-37(35)42(38)40(5,6)7/h8-10,12-14,16-18,20-27,29,41H,11,15,19,28H2,1-7H3/b12-8-,16-9-,17-10-,30-18+,39-32-. The molecule has 0 radical (unpaired) electrons. The van der Waals surface area contributed by atoms with Crippen molar-refractivity contribution in [1.29, 1.82) is 0 Å². The predicted molar refractivity (Wildman–Crippen MR) is 195 cm³/mol. The third-order valence-corrected chi connectivity index (χ3v) is 8.66. The SMILES string of the molecule is C/C=C\CS/C(Nc1ccc(-c2ccc3c(c2)c2ccccc2n3C(C)(C)C)cc1)=C(/C=C\C)CC/C=C(/C=C\C)CC. The Hall–Kier alpha value is -3.69. The van der Waals surface area contributed by atoms with Crippen molar-refractivity contribution in [2.24, 2.45) is 0 Å². The molecular formula is C40H48N2S. The molecule has 1 N–H and O–H groups in total. The zero-order chi connectivity index (χ0) is 30.8. The van der Waals surface area contributed by atoms with Crippen LogP contribution >= 0.6 is 11.8 Å². The molecule has 0 bridgehead atoms. The highest BCUT2D eigenvalue weighted by Gasteiger charge is 2.20. The van der Waals surface area contributed by atoms with Crippen LogP contribution in [0.3, 0.4) is 0 Å². The number of hydrogen-bond donors (Lipinski definition) is 1. The van der Waals surface area contributed by atoms with Crippen LogP contribution < -0.4 is 5.32 Å². The number of thioether (sulfide) groups is 1. The second kappa shape index (κ2) is 15.2. The van der Waals surface area contributed by atoms with Crippen molar-refractivity contribution in [3.05, 3.63) is 125 Å². The van der Waals surface area contributed by atoms with E-state index in [1.165, 1.54) is 49.1 Å². The lowest BCUT2D eigenvalue weighted by Gasteiger charge is -2.24. The average Bonchev–Trinajstić information content (AvgIpc) is 3.34. The van der Waals surface area contributed by atoms with E-state index >= 15 is 0 Å². The lowest BCUT2D eigenvalue weighted by molar-refractivity contribution is 0.423. The molecule has 1 heterocycles. The fourth-order valence-electron chi connectivity index (χ4n) is 5.62. The Morgan fingerprint density at radius 2 is 1.51 bits per heavy atom. The minimum atomic E-state index is -0.000699. The van der Waals surface area contributed by atoms with E-state index in [-0.39, 0.29) is 5.54 Å². The molecule has 0 aliphatic heterocycles. The van der Waals surface area contributed by atoms with Gasteiger partial charge in [-0.2, -0.15) is 0 Å². The first-order chi connectivity index (χ1) is 20.8. The van der Waals surface area contributed by atoms with Crippen LogP contribution in [0.4, 0.5) is 5.69 Å². The summed E-state index contributed by atoms with van der Waals surface area (Å²) in [5.41, 5.74) is 8.88. The van der Waals surface area contributed by atoms with Crippen LogP contribution in [-0.2, 0) is 5.54 Å². The van der Waals surface area contributed by atoms with Crippen LogP contribution in [0.1, 0.15) is 67.7 Å². The number of rotatable bonds is 12. The van der Waals surface area contributed by atoms with Gasteiger partial charge < -0.3 is 9.88 Å². The molecule has 2 nitrogen and oxygen atoms in total. The molecule has 3 heteroatoms. The Bertz CT molecular complexity index is 1670. The molecule has 3 aromatic carbocycles. The number of para-hydroxylation sites is 1. The molecule has 0 aliphatic rings. The highest BCUT2D eigenvalue weighted by atomic mass is 32.2. The van der Waals surface area contributed by atoms with Crippen molar-refractivity contribution >= 4 is 39.3 Å². The minimum Gasteiger partial charge on any atom is -0.350 e. The minimum absolute atomic E-state index is 0.000699. The van der Waals surface area contributed by atoms with Gasteiger partial charge in [0, 0.05) is 38.8 Å². The van der Waals surface area contributed by atoms with Gasteiger partial charge in [0.15, 0.2) is 0 Å². The van der Waals surface area contributed by atoms with Gasteiger partial charge in [-0.1, -0.05) is 91.4 Å². The Labute approximate surface area is 264 Å². The number of aromatic nitrogens is 1. The van der Waals surface area contributed by atoms with Crippen LogP contribution in [0.25, 0.3) is 32.9 Å². The summed E-state index contributed by atoms with van der Waals surface area (Å²) in [6.45, 7) is 15.3. The maximum absolute atomic E-state index is 3.77. The van der Waals surface area contributed by atoms with Crippen LogP contribution in [0.5, 0.6) is 0 Å². The molecule has 4 rings (SSSR count). The molecule has 0 atom stereocenters. The van der Waals surface area contributed by atoms with Gasteiger partial charge in [-0.05, 0) is 108 Å². The number of allylic oxidation sites excluding steroid dienone is 8. The topological polar surface area (TPSA) is 17.0 Å². The summed E-state index contributed by atoms with van der Waals surface area (Å²) in [7, 11) is 0. The number of fused-ring (bicyclic) bond motifs is 3. The van der Waals surface area contributed by atoms with E-state index < -0.39 is 0 Å². The molecule has 0 spiro atoms. The Kier molecular flexibility index (Phi) is 11.4. The highest BCUT2D eigenvalue weighted by molar-refractivity contribution is 8.03. The number of anilines is 1. The fraction of sp³-hybridized carbons (Fsp3) is 0.300. The van der Waals surface area contributed by atoms with Crippen molar-refractivity contribution in [2.45, 2.75) is 73.3 Å². The van der Waals surface area contributed by atoms with Gasteiger partial charge in [0.25, 0.3) is 0 Å². The van der Waals surface area contributed by atoms with Crippen LogP contribution in [0, 0.1) is 0 Å². The van der Waals surface area contributed by atoms with Crippen LogP contribution in [-0.4, -0.2) is 10.3 Å². The van der Waals surface area contributed by atoms with E-state index in [0.29, 0.717) is 0 Å². The first kappa shape index (κ1) is 32.2. The van der Waals surface area contributed by atoms with Gasteiger partial charge >= 0.3 is 0 Å². The summed E-state index contributed by atoms with van der Waals surface area (Å²) in [5, 5.41) is 7.61. The molecule has 0 saturated heterocycles. The summed E-state index contributed by atoms with van der Waals surface area (Å²) >= 11 is 1.86. The van der Waals surface area contributed by atoms with Crippen LogP contribution in [0.15, 0.2) is 125 Å². The van der Waals surface area contributed by atoms with E-state index in [9.17, 15) is 0 Å². The van der Waals surface area contributed by atoms with Crippen molar-refractivity contribution in [3.8, 4) is 11.1 Å². The van der Waals surface area contributed by atoms with Gasteiger partial charge in [0.2, 0.25) is 0 Å². The highest BCUT2D eigenvalue weighted by Crippen LogP contribution is 2.37. The number of nitrogens with zero attached hydrogens (tertiary/aromatic N) is 1. The van der Waals surface area contributed by atoms with E-state index in [1.54, 1.807) is 0 Å². The van der Waals surface area contributed by atoms with Gasteiger partial charge in [-0.15, -0.1) is 11.8 Å². The molecular weight excluding hydrogens is 541 g/mol. The zero-order valence-electron chi connectivity index (χ0n) is 27.1. The smallest absolute Gasteiger partial charge is 0.0761 e. The van der Waals surface area contributed by atoms with Gasteiger partial charge in [-0.3, -0.25) is 0 Å². The van der Waals surface area contributed by atoms with E-state index in [1.807, 2.05) is 11.8 Å². The quantitative estimate of drug-likeness (QED) is 0.131. The Morgan fingerprint density at radius 1 is 0.814 bits per heavy atom. The first-order valence-corrected chi connectivity index (χ1v) is 16.6. The molecule has 0 unspecified atom stereocenters. The molecule has 43 heavy (non-hydrogen) atoms. The molecule has 0 amide bonds. The van der Waals surface area contributed by atoms with Crippen LogP contribution in [0.2, 0.25) is 0 Å². The third-order valence-electron chi connectivity index (χ3n) is 7.65. The van der Waals surface area contributed by atoms with E-state index in [2.05, 4.69) is 168 Å². The summed E-state index contributed by atoms with van der Waals surface area (Å²) < 4.78 is 2.47. The predicted octanol–water partition coefficient (Wildman–Crippen LogP) is 12.4. The zero-order valence-corrected chi connectivity index (χ0v) is 27.9.